The average Bonchev–Trinajstić information content (AvgIpc) is 2.90. The molecular formula is C12H20N4S. The van der Waals surface area contributed by atoms with E-state index in [2.05, 4.69) is 34.2 Å². The highest BCUT2D eigenvalue weighted by molar-refractivity contribution is 7.99. The van der Waals surface area contributed by atoms with Gasteiger partial charge in [-0.05, 0) is 18.7 Å². The second-order valence-corrected chi connectivity index (χ2v) is 5.45. The van der Waals surface area contributed by atoms with E-state index in [4.69, 9.17) is 0 Å². The zero-order chi connectivity index (χ0) is 12.1. The summed E-state index contributed by atoms with van der Waals surface area (Å²) in [6, 6.07) is 0.597. The fourth-order valence-electron chi connectivity index (χ4n) is 1.88. The van der Waals surface area contributed by atoms with Crippen LogP contribution >= 0.6 is 11.8 Å². The van der Waals surface area contributed by atoms with Crippen LogP contribution in [0.3, 0.4) is 0 Å². The van der Waals surface area contributed by atoms with Gasteiger partial charge in [-0.1, -0.05) is 6.92 Å². The van der Waals surface area contributed by atoms with Gasteiger partial charge in [0.2, 0.25) is 5.95 Å². The van der Waals surface area contributed by atoms with E-state index in [-0.39, 0.29) is 0 Å². The van der Waals surface area contributed by atoms with Gasteiger partial charge in [0.15, 0.2) is 0 Å². The van der Waals surface area contributed by atoms with Gasteiger partial charge in [0.1, 0.15) is 0 Å². The molecule has 1 atom stereocenters. The van der Waals surface area contributed by atoms with Crippen molar-refractivity contribution < 1.29 is 0 Å². The summed E-state index contributed by atoms with van der Waals surface area (Å²) in [7, 11) is 2.09. The van der Waals surface area contributed by atoms with Crippen LogP contribution in [0.1, 0.15) is 18.9 Å². The molecule has 1 aliphatic rings. The Balaban J connectivity index is 1.96. The van der Waals surface area contributed by atoms with Gasteiger partial charge in [0.25, 0.3) is 0 Å². The molecule has 17 heavy (non-hydrogen) atoms. The van der Waals surface area contributed by atoms with Crippen LogP contribution in [0.4, 0.5) is 5.95 Å². The summed E-state index contributed by atoms with van der Waals surface area (Å²) in [5.41, 5.74) is 1.14. The van der Waals surface area contributed by atoms with E-state index in [0.717, 1.165) is 24.6 Å². The first kappa shape index (κ1) is 12.6. The molecule has 1 unspecified atom stereocenters. The van der Waals surface area contributed by atoms with Crippen molar-refractivity contribution >= 4 is 17.7 Å². The zero-order valence-electron chi connectivity index (χ0n) is 10.5. The summed E-state index contributed by atoms with van der Waals surface area (Å²) in [4.78, 5) is 11.1. The van der Waals surface area contributed by atoms with Crippen LogP contribution in [0.15, 0.2) is 12.4 Å². The molecule has 0 aliphatic carbocycles. The van der Waals surface area contributed by atoms with E-state index in [1.54, 1.807) is 0 Å². The Bertz CT molecular complexity index is 335. The molecular weight excluding hydrogens is 232 g/mol. The molecule has 1 aromatic heterocycles. The van der Waals surface area contributed by atoms with Crippen molar-refractivity contribution in [1.29, 1.82) is 0 Å². The van der Waals surface area contributed by atoms with Gasteiger partial charge in [0.05, 0.1) is 0 Å². The maximum atomic E-state index is 4.44. The maximum absolute atomic E-state index is 4.44. The van der Waals surface area contributed by atoms with E-state index in [1.165, 1.54) is 17.9 Å². The quantitative estimate of drug-likeness (QED) is 0.860. The largest absolute Gasteiger partial charge is 0.340 e. The van der Waals surface area contributed by atoms with Gasteiger partial charge >= 0.3 is 0 Å². The second-order valence-electron chi connectivity index (χ2n) is 4.30. The highest BCUT2D eigenvalue weighted by atomic mass is 32.2. The monoisotopic (exact) mass is 252 g/mol. The summed E-state index contributed by atoms with van der Waals surface area (Å²) in [6.45, 7) is 3.92. The first-order valence-electron chi connectivity index (χ1n) is 6.13. The van der Waals surface area contributed by atoms with Gasteiger partial charge in [-0.15, -0.1) is 0 Å². The third-order valence-corrected chi connectivity index (χ3v) is 4.18. The summed E-state index contributed by atoms with van der Waals surface area (Å²) in [6.07, 6.45) is 5.08. The molecule has 0 amide bonds. The first-order chi connectivity index (χ1) is 8.31. The fraction of sp³-hybridized carbons (Fsp3) is 0.667. The van der Waals surface area contributed by atoms with Crippen molar-refractivity contribution in [3.8, 4) is 0 Å². The Kier molecular flexibility index (Phi) is 4.62. The Hall–Kier alpha value is -0.810. The molecule has 1 aliphatic heterocycles. The molecule has 0 saturated carbocycles. The Morgan fingerprint density at radius 1 is 1.47 bits per heavy atom. The number of hydrogen-bond donors (Lipinski definition) is 1. The van der Waals surface area contributed by atoms with Crippen LogP contribution in [-0.4, -0.2) is 41.1 Å². The lowest BCUT2D eigenvalue weighted by atomic mass is 10.2. The minimum atomic E-state index is 0.597. The van der Waals surface area contributed by atoms with Crippen LogP contribution in [0, 0.1) is 0 Å². The van der Waals surface area contributed by atoms with Crippen LogP contribution in [0.5, 0.6) is 0 Å². The summed E-state index contributed by atoms with van der Waals surface area (Å²) in [5, 5.41) is 3.27. The van der Waals surface area contributed by atoms with Crippen LogP contribution in [0.25, 0.3) is 0 Å². The number of rotatable bonds is 5. The summed E-state index contributed by atoms with van der Waals surface area (Å²) >= 11 is 2.01. The molecule has 1 N–H and O–H groups in total. The Labute approximate surface area is 107 Å². The summed E-state index contributed by atoms with van der Waals surface area (Å²) in [5.74, 6) is 3.30. The lowest BCUT2D eigenvalue weighted by Crippen LogP contribution is -2.32. The average molecular weight is 252 g/mol. The zero-order valence-corrected chi connectivity index (χ0v) is 11.3. The normalized spacial score (nSPS) is 19.5. The number of nitrogens with zero attached hydrogens (tertiary/aromatic N) is 3. The molecule has 1 saturated heterocycles. The van der Waals surface area contributed by atoms with Crippen LogP contribution < -0.4 is 10.2 Å². The topological polar surface area (TPSA) is 41.1 Å². The highest BCUT2D eigenvalue weighted by Crippen LogP contribution is 2.23. The lowest BCUT2D eigenvalue weighted by Gasteiger charge is -2.23. The van der Waals surface area contributed by atoms with Crippen LogP contribution in [0.2, 0.25) is 0 Å². The molecule has 0 spiro atoms. The van der Waals surface area contributed by atoms with Crippen molar-refractivity contribution in [3.05, 3.63) is 18.0 Å². The van der Waals surface area contributed by atoms with Gasteiger partial charge in [-0.2, -0.15) is 11.8 Å². The van der Waals surface area contributed by atoms with E-state index in [1.807, 2.05) is 24.2 Å². The van der Waals surface area contributed by atoms with Gasteiger partial charge < -0.3 is 10.2 Å². The molecule has 0 aromatic carbocycles. The number of aromatic nitrogens is 2. The van der Waals surface area contributed by atoms with Crippen molar-refractivity contribution in [2.75, 3.05) is 30.0 Å². The van der Waals surface area contributed by atoms with Gasteiger partial charge in [-0.3, -0.25) is 0 Å². The standard InChI is InChI=1S/C12H20N4S/c1-3-13-6-10-7-14-12(15-8-10)16(2)11-4-5-17-9-11/h7-8,11,13H,3-6,9H2,1-2H3. The second kappa shape index (κ2) is 6.21. The predicted octanol–water partition coefficient (Wildman–Crippen LogP) is 1.53. The molecule has 0 bridgehead atoms. The van der Waals surface area contributed by atoms with Crippen molar-refractivity contribution in [3.63, 3.8) is 0 Å². The third-order valence-electron chi connectivity index (χ3n) is 3.04. The SMILES string of the molecule is CCNCc1cnc(N(C)C2CCSC2)nc1. The smallest absolute Gasteiger partial charge is 0.225 e. The van der Waals surface area contributed by atoms with Crippen molar-refractivity contribution in [2.24, 2.45) is 0 Å². The maximum Gasteiger partial charge on any atom is 0.225 e. The van der Waals surface area contributed by atoms with Gasteiger partial charge in [-0.25, -0.2) is 9.97 Å². The molecule has 2 rings (SSSR count). The highest BCUT2D eigenvalue weighted by Gasteiger charge is 2.21. The number of nitrogens with one attached hydrogen (secondary N) is 1. The van der Waals surface area contributed by atoms with Gasteiger partial charge in [0, 0.05) is 43.3 Å². The Morgan fingerprint density at radius 3 is 2.82 bits per heavy atom. The fourth-order valence-corrected chi connectivity index (χ4v) is 3.15. The molecule has 0 radical (unpaired) electrons. The predicted molar refractivity (Wildman–Crippen MR) is 73.5 cm³/mol. The third kappa shape index (κ3) is 3.33. The Morgan fingerprint density at radius 2 is 2.24 bits per heavy atom. The summed E-state index contributed by atoms with van der Waals surface area (Å²) < 4.78 is 0. The van der Waals surface area contributed by atoms with Crippen LogP contribution in [-0.2, 0) is 6.54 Å². The molecule has 94 valence electrons. The number of hydrogen-bond acceptors (Lipinski definition) is 5. The number of thioether (sulfide) groups is 1. The first-order valence-corrected chi connectivity index (χ1v) is 7.29. The van der Waals surface area contributed by atoms with Crippen molar-refractivity contribution in [1.82, 2.24) is 15.3 Å². The molecule has 5 heteroatoms. The van der Waals surface area contributed by atoms with Crippen molar-refractivity contribution in [2.45, 2.75) is 25.9 Å². The molecule has 1 fully saturated rings. The lowest BCUT2D eigenvalue weighted by molar-refractivity contribution is 0.676. The van der Waals surface area contributed by atoms with E-state index in [0.29, 0.717) is 6.04 Å². The minimum absolute atomic E-state index is 0.597. The molecule has 1 aromatic rings. The molecule has 2 heterocycles. The van der Waals surface area contributed by atoms with E-state index >= 15 is 0 Å². The van der Waals surface area contributed by atoms with E-state index < -0.39 is 0 Å². The van der Waals surface area contributed by atoms with E-state index in [9.17, 15) is 0 Å². The molecule has 4 nitrogen and oxygen atoms in total. The minimum Gasteiger partial charge on any atom is -0.340 e. The number of anilines is 1.